The largest absolute Gasteiger partial charge is 1.00 e. The molecule has 0 saturated carbocycles. The summed E-state index contributed by atoms with van der Waals surface area (Å²) in [5.74, 6) is -0.860. The van der Waals surface area contributed by atoms with E-state index in [1.54, 1.807) is 12.1 Å². The summed E-state index contributed by atoms with van der Waals surface area (Å²) < 4.78 is 0. The van der Waals surface area contributed by atoms with Crippen molar-refractivity contribution in [2.24, 2.45) is 5.73 Å². The molecule has 72 valence electrons. The number of hydrogen-bond acceptors (Lipinski definition) is 3. The van der Waals surface area contributed by atoms with Gasteiger partial charge in [0.15, 0.2) is 0 Å². The second-order valence-electron chi connectivity index (χ2n) is 2.82. The zero-order valence-corrected chi connectivity index (χ0v) is 9.97. The van der Waals surface area contributed by atoms with Crippen molar-refractivity contribution in [1.29, 1.82) is 0 Å². The monoisotopic (exact) mass is 205 g/mol. The summed E-state index contributed by atoms with van der Waals surface area (Å²) in [6, 6.07) is 5.42. The number of phenolic OH excluding ortho intramolecular Hbond substituents is 1. The average Bonchev–Trinajstić information content (AvgIpc) is 2.08. The summed E-state index contributed by atoms with van der Waals surface area (Å²) in [6.45, 7) is 0. The van der Waals surface area contributed by atoms with Gasteiger partial charge < -0.3 is 17.4 Å². The van der Waals surface area contributed by atoms with Crippen LogP contribution in [-0.2, 0) is 11.2 Å². The maximum absolute atomic E-state index is 10.4. The molecule has 0 spiro atoms. The van der Waals surface area contributed by atoms with Crippen LogP contribution in [0, 0.1) is 0 Å². The van der Waals surface area contributed by atoms with E-state index in [0.717, 1.165) is 5.56 Å². The quantitative estimate of drug-likeness (QED) is 0.475. The molecule has 0 saturated heterocycles. The number of nitrogens with two attached hydrogens (primary N) is 1. The molecule has 1 rings (SSSR count). The molecule has 0 aromatic heterocycles. The molecule has 5 heteroatoms. The van der Waals surface area contributed by atoms with Crippen LogP contribution in [-0.4, -0.2) is 22.2 Å². The van der Waals surface area contributed by atoms with Gasteiger partial charge in [0.05, 0.1) is 0 Å². The van der Waals surface area contributed by atoms with Crippen LogP contribution < -0.4 is 35.3 Å². The first-order valence-corrected chi connectivity index (χ1v) is 3.86. The summed E-state index contributed by atoms with van der Waals surface area (Å²) >= 11 is 0. The molecule has 14 heavy (non-hydrogen) atoms. The van der Waals surface area contributed by atoms with E-state index in [-0.39, 0.29) is 43.2 Å². The van der Waals surface area contributed by atoms with Crippen molar-refractivity contribution in [3.8, 4) is 5.75 Å². The fourth-order valence-electron chi connectivity index (χ4n) is 0.973. The van der Waals surface area contributed by atoms with Crippen molar-refractivity contribution in [2.75, 3.05) is 0 Å². The van der Waals surface area contributed by atoms with E-state index in [1.807, 2.05) is 0 Å². The maximum atomic E-state index is 10.4. The molecule has 1 aromatic carbocycles. The van der Waals surface area contributed by atoms with Gasteiger partial charge in [-0.1, -0.05) is 12.1 Å². The number of carbonyl (C=O) groups is 1. The molecule has 0 radical (unpaired) electrons. The first kappa shape index (κ1) is 13.4. The van der Waals surface area contributed by atoms with Crippen molar-refractivity contribution in [1.82, 2.24) is 0 Å². The molecular weight excluding hydrogens is 193 g/mol. The summed E-state index contributed by atoms with van der Waals surface area (Å²) in [4.78, 5) is 10.4. The smallest absolute Gasteiger partial charge is 1.00 e. The van der Waals surface area contributed by atoms with Gasteiger partial charge in [-0.3, -0.25) is 4.79 Å². The van der Waals surface area contributed by atoms with E-state index < -0.39 is 12.0 Å². The van der Waals surface area contributed by atoms with Gasteiger partial charge in [-0.05, 0) is 24.1 Å². The van der Waals surface area contributed by atoms with Gasteiger partial charge >= 0.3 is 35.5 Å². The second-order valence-corrected chi connectivity index (χ2v) is 2.82. The van der Waals surface area contributed by atoms with Gasteiger partial charge in [-0.2, -0.15) is 0 Å². The Labute approximate surface area is 106 Å². The first-order chi connectivity index (χ1) is 6.09. The normalized spacial score (nSPS) is 11.5. The van der Waals surface area contributed by atoms with Crippen LogP contribution in [0.3, 0.4) is 0 Å². The molecule has 0 heterocycles. The molecule has 1 atom stereocenters. The number of aromatic hydroxyl groups is 1. The fraction of sp³-hybridized carbons (Fsp3) is 0.222. The van der Waals surface area contributed by atoms with Gasteiger partial charge in [0.1, 0.15) is 11.8 Å². The summed E-state index contributed by atoms with van der Waals surface area (Å²) in [5.41, 5.74) is 6.12. The van der Waals surface area contributed by atoms with Crippen molar-refractivity contribution in [3.05, 3.63) is 29.8 Å². The molecular formula is C9H12NNaO3. The van der Waals surface area contributed by atoms with Gasteiger partial charge in [-0.15, -0.1) is 0 Å². The van der Waals surface area contributed by atoms with E-state index in [9.17, 15) is 4.79 Å². The third kappa shape index (κ3) is 4.11. The number of rotatable bonds is 3. The number of aliphatic carboxylic acids is 1. The van der Waals surface area contributed by atoms with Crippen LogP contribution in [0.5, 0.6) is 5.75 Å². The molecule has 1 unspecified atom stereocenters. The molecule has 0 bridgehead atoms. The minimum absolute atomic E-state index is 0. The standard InChI is InChI=1S/C9H11NO3.Na.H/c10-8(9(12)13)5-6-1-3-7(11)4-2-6;;/h1-4,8,11H,5,10H2,(H,12,13);;/q;+1;-1. The van der Waals surface area contributed by atoms with E-state index in [4.69, 9.17) is 15.9 Å². The third-order valence-corrected chi connectivity index (χ3v) is 1.71. The number of benzene rings is 1. The van der Waals surface area contributed by atoms with E-state index in [1.165, 1.54) is 12.1 Å². The second kappa shape index (κ2) is 6.03. The molecule has 1 aromatic rings. The Morgan fingerprint density at radius 1 is 1.43 bits per heavy atom. The van der Waals surface area contributed by atoms with Crippen LogP contribution in [0.2, 0.25) is 0 Å². The number of carboxylic acid groups (broad SMARTS) is 1. The van der Waals surface area contributed by atoms with E-state index >= 15 is 0 Å². The van der Waals surface area contributed by atoms with E-state index in [0.29, 0.717) is 0 Å². The van der Waals surface area contributed by atoms with Gasteiger partial charge in [0.2, 0.25) is 0 Å². The Kier molecular flexibility index (Phi) is 5.79. The minimum atomic E-state index is -1.02. The maximum Gasteiger partial charge on any atom is 1.00 e. The Morgan fingerprint density at radius 3 is 2.36 bits per heavy atom. The predicted molar refractivity (Wildman–Crippen MR) is 48.5 cm³/mol. The van der Waals surface area contributed by atoms with Gasteiger partial charge in [0.25, 0.3) is 0 Å². The van der Waals surface area contributed by atoms with Crippen molar-refractivity contribution < 1.29 is 46.0 Å². The summed E-state index contributed by atoms with van der Waals surface area (Å²) in [6.07, 6.45) is 0.273. The van der Waals surface area contributed by atoms with Crippen LogP contribution in [0.25, 0.3) is 0 Å². The molecule has 4 N–H and O–H groups in total. The Bertz CT molecular complexity index is 305. The minimum Gasteiger partial charge on any atom is -1.00 e. The fourth-order valence-corrected chi connectivity index (χ4v) is 0.973. The zero-order valence-electron chi connectivity index (χ0n) is 8.97. The number of carboxylic acids is 1. The SMILES string of the molecule is NC(Cc1ccc(O)cc1)C(=O)O.[H-].[Na+]. The first-order valence-electron chi connectivity index (χ1n) is 3.86. The molecule has 0 aliphatic rings. The van der Waals surface area contributed by atoms with Crippen LogP contribution >= 0.6 is 0 Å². The van der Waals surface area contributed by atoms with Crippen LogP contribution in [0.15, 0.2) is 24.3 Å². The Balaban J connectivity index is 0. The van der Waals surface area contributed by atoms with Crippen molar-refractivity contribution in [2.45, 2.75) is 12.5 Å². The number of phenols is 1. The average molecular weight is 205 g/mol. The molecule has 0 aliphatic carbocycles. The predicted octanol–water partition coefficient (Wildman–Crippen LogP) is -2.54. The van der Waals surface area contributed by atoms with Crippen molar-refractivity contribution >= 4 is 5.97 Å². The topological polar surface area (TPSA) is 83.5 Å². The van der Waals surface area contributed by atoms with Gasteiger partial charge in [0, 0.05) is 0 Å². The zero-order chi connectivity index (χ0) is 9.84. The summed E-state index contributed by atoms with van der Waals surface area (Å²) in [5, 5.41) is 17.5. The van der Waals surface area contributed by atoms with E-state index in [2.05, 4.69) is 0 Å². The third-order valence-electron chi connectivity index (χ3n) is 1.71. The molecule has 0 amide bonds. The van der Waals surface area contributed by atoms with Crippen LogP contribution in [0.1, 0.15) is 6.99 Å². The van der Waals surface area contributed by atoms with Gasteiger partial charge in [-0.25, -0.2) is 0 Å². The number of hydrogen-bond donors (Lipinski definition) is 3. The van der Waals surface area contributed by atoms with Crippen molar-refractivity contribution in [3.63, 3.8) is 0 Å². The molecule has 0 fully saturated rings. The summed E-state index contributed by atoms with van der Waals surface area (Å²) in [7, 11) is 0. The molecule has 4 nitrogen and oxygen atoms in total. The Hall–Kier alpha value is -0.550. The molecule has 0 aliphatic heterocycles. The van der Waals surface area contributed by atoms with Crippen LogP contribution in [0.4, 0.5) is 0 Å². The Morgan fingerprint density at radius 2 is 1.93 bits per heavy atom.